The topological polar surface area (TPSA) is 48.7 Å². The van der Waals surface area contributed by atoms with Crippen LogP contribution in [0.1, 0.15) is 29.1 Å². The molecule has 1 atom stereocenters. The van der Waals surface area contributed by atoms with Crippen LogP contribution in [0.3, 0.4) is 0 Å². The van der Waals surface area contributed by atoms with Crippen LogP contribution in [-0.4, -0.2) is 4.98 Å². The molecule has 1 heterocycles. The van der Waals surface area contributed by atoms with Crippen LogP contribution < -0.4 is 5.32 Å². The van der Waals surface area contributed by atoms with Crippen LogP contribution in [0, 0.1) is 24.1 Å². The van der Waals surface area contributed by atoms with Crippen LogP contribution >= 0.6 is 11.3 Å². The molecule has 0 spiro atoms. The first-order chi connectivity index (χ1) is 8.61. The highest BCUT2D eigenvalue weighted by Gasteiger charge is 2.11. The van der Waals surface area contributed by atoms with Gasteiger partial charge in [0.2, 0.25) is 0 Å². The molecule has 2 aromatic rings. The molecule has 0 aliphatic heterocycles. The predicted octanol–water partition coefficient (Wildman–Crippen LogP) is 3.64. The van der Waals surface area contributed by atoms with Gasteiger partial charge in [0, 0.05) is 10.6 Å². The molecule has 2 rings (SSSR count). The number of hydrogen-bond acceptors (Lipinski definition) is 4. The number of nitriles is 1. The van der Waals surface area contributed by atoms with E-state index in [1.807, 2.05) is 19.9 Å². The third-order valence-corrected chi connectivity index (χ3v) is 3.76. The van der Waals surface area contributed by atoms with Crippen molar-refractivity contribution >= 4 is 17.0 Å². The van der Waals surface area contributed by atoms with E-state index < -0.39 is 5.82 Å². The van der Waals surface area contributed by atoms with Crippen molar-refractivity contribution in [3.63, 3.8) is 0 Å². The Kier molecular flexibility index (Phi) is 3.58. The fourth-order valence-electron chi connectivity index (χ4n) is 1.74. The fourth-order valence-corrected chi connectivity index (χ4v) is 2.55. The van der Waals surface area contributed by atoms with Gasteiger partial charge in [-0.1, -0.05) is 0 Å². The van der Waals surface area contributed by atoms with Crippen LogP contribution in [0.15, 0.2) is 23.7 Å². The van der Waals surface area contributed by atoms with Crippen molar-refractivity contribution in [1.82, 2.24) is 4.98 Å². The van der Waals surface area contributed by atoms with Crippen LogP contribution in [-0.2, 0) is 0 Å². The molecule has 0 radical (unpaired) electrons. The Hall–Kier alpha value is -1.93. The van der Waals surface area contributed by atoms with Crippen LogP contribution in [0.2, 0.25) is 0 Å². The van der Waals surface area contributed by atoms with Gasteiger partial charge < -0.3 is 5.32 Å². The second kappa shape index (κ2) is 5.15. The maximum absolute atomic E-state index is 13.2. The number of aromatic nitrogens is 1. The third-order valence-electron chi connectivity index (χ3n) is 2.65. The van der Waals surface area contributed by atoms with Gasteiger partial charge in [-0.2, -0.15) is 5.26 Å². The number of anilines is 1. The average Bonchev–Trinajstić information content (AvgIpc) is 2.78. The molecule has 0 bridgehead atoms. The van der Waals surface area contributed by atoms with Crippen molar-refractivity contribution in [2.45, 2.75) is 19.9 Å². The lowest BCUT2D eigenvalue weighted by molar-refractivity contribution is 0.624. The third kappa shape index (κ3) is 2.49. The summed E-state index contributed by atoms with van der Waals surface area (Å²) in [6, 6.07) is 6.35. The fraction of sp³-hybridized carbons (Fsp3) is 0.231. The van der Waals surface area contributed by atoms with Gasteiger partial charge >= 0.3 is 0 Å². The number of nitrogens with one attached hydrogen (secondary N) is 1. The summed E-state index contributed by atoms with van der Waals surface area (Å²) in [6.07, 6.45) is 0. The molecule has 3 nitrogen and oxygen atoms in total. The summed E-state index contributed by atoms with van der Waals surface area (Å²) < 4.78 is 13.2. The Morgan fingerprint density at radius 2 is 2.28 bits per heavy atom. The van der Waals surface area contributed by atoms with Crippen molar-refractivity contribution in [2.24, 2.45) is 0 Å². The van der Waals surface area contributed by atoms with Gasteiger partial charge in [-0.3, -0.25) is 0 Å². The molecule has 0 aliphatic carbocycles. The smallest absolute Gasteiger partial charge is 0.141 e. The number of benzene rings is 1. The first-order valence-corrected chi connectivity index (χ1v) is 6.36. The van der Waals surface area contributed by atoms with E-state index in [4.69, 9.17) is 5.26 Å². The van der Waals surface area contributed by atoms with E-state index in [9.17, 15) is 4.39 Å². The minimum atomic E-state index is -0.496. The first kappa shape index (κ1) is 12.5. The highest BCUT2D eigenvalue weighted by Crippen LogP contribution is 2.25. The van der Waals surface area contributed by atoms with Crippen LogP contribution in [0.25, 0.3) is 0 Å². The van der Waals surface area contributed by atoms with E-state index in [-0.39, 0.29) is 11.6 Å². The highest BCUT2D eigenvalue weighted by molar-refractivity contribution is 7.09. The second-order valence-electron chi connectivity index (χ2n) is 3.97. The summed E-state index contributed by atoms with van der Waals surface area (Å²) in [7, 11) is 0. The zero-order valence-corrected chi connectivity index (χ0v) is 10.9. The maximum Gasteiger partial charge on any atom is 0.141 e. The summed E-state index contributed by atoms with van der Waals surface area (Å²) in [5, 5.41) is 12.0. The van der Waals surface area contributed by atoms with Gasteiger partial charge in [0.15, 0.2) is 0 Å². The summed E-state index contributed by atoms with van der Waals surface area (Å²) in [5.74, 6) is -0.496. The van der Waals surface area contributed by atoms with Gasteiger partial charge in [-0.15, -0.1) is 11.3 Å². The molecule has 92 valence electrons. The largest absolute Gasteiger partial charge is 0.378 e. The lowest BCUT2D eigenvalue weighted by atomic mass is 10.1. The van der Waals surface area contributed by atoms with E-state index in [0.717, 1.165) is 16.3 Å². The zero-order valence-electron chi connectivity index (χ0n) is 10.1. The first-order valence-electron chi connectivity index (χ1n) is 5.48. The lowest BCUT2D eigenvalue weighted by Gasteiger charge is -2.14. The molecule has 1 N–H and O–H groups in total. The minimum absolute atomic E-state index is 0.0493. The Bertz CT molecular complexity index is 601. The Morgan fingerprint density at radius 3 is 2.89 bits per heavy atom. The molecule has 1 aromatic heterocycles. The molecule has 0 fully saturated rings. The van der Waals surface area contributed by atoms with E-state index in [1.165, 1.54) is 12.1 Å². The van der Waals surface area contributed by atoms with Crippen molar-refractivity contribution < 1.29 is 4.39 Å². The molecular weight excluding hydrogens is 249 g/mol. The molecule has 0 saturated heterocycles. The highest BCUT2D eigenvalue weighted by atomic mass is 32.1. The number of thiazole rings is 1. The molecule has 18 heavy (non-hydrogen) atoms. The maximum atomic E-state index is 13.2. The van der Waals surface area contributed by atoms with Gasteiger partial charge in [0.25, 0.3) is 0 Å². The van der Waals surface area contributed by atoms with Gasteiger partial charge in [-0.25, -0.2) is 9.37 Å². The zero-order chi connectivity index (χ0) is 13.1. The molecule has 0 aliphatic rings. The monoisotopic (exact) mass is 261 g/mol. The molecule has 0 amide bonds. The van der Waals surface area contributed by atoms with E-state index in [1.54, 1.807) is 22.9 Å². The molecule has 1 unspecified atom stereocenters. The summed E-state index contributed by atoms with van der Waals surface area (Å²) in [6.45, 7) is 3.96. The van der Waals surface area contributed by atoms with E-state index >= 15 is 0 Å². The predicted molar refractivity (Wildman–Crippen MR) is 70.0 cm³/mol. The summed E-state index contributed by atoms with van der Waals surface area (Å²) in [5.41, 5.74) is 3.57. The van der Waals surface area contributed by atoms with Gasteiger partial charge in [0.05, 0.1) is 22.8 Å². The van der Waals surface area contributed by atoms with Crippen molar-refractivity contribution in [3.05, 3.63) is 45.7 Å². The minimum Gasteiger partial charge on any atom is -0.378 e. The van der Waals surface area contributed by atoms with Crippen molar-refractivity contribution in [1.29, 1.82) is 5.26 Å². The number of halogens is 1. The number of aryl methyl sites for hydroxylation is 1. The second-order valence-corrected chi connectivity index (χ2v) is 4.86. The van der Waals surface area contributed by atoms with E-state index in [0.29, 0.717) is 0 Å². The van der Waals surface area contributed by atoms with Crippen LogP contribution in [0.4, 0.5) is 10.1 Å². The quantitative estimate of drug-likeness (QED) is 0.917. The molecule has 1 aromatic carbocycles. The average molecular weight is 261 g/mol. The Morgan fingerprint density at radius 1 is 1.50 bits per heavy atom. The summed E-state index contributed by atoms with van der Waals surface area (Å²) in [4.78, 5) is 5.33. The van der Waals surface area contributed by atoms with E-state index in [2.05, 4.69) is 10.3 Å². The normalized spacial score (nSPS) is 11.9. The van der Waals surface area contributed by atoms with Crippen molar-refractivity contribution in [3.8, 4) is 6.07 Å². The molecule has 5 heteroatoms. The van der Waals surface area contributed by atoms with Crippen molar-refractivity contribution in [2.75, 3.05) is 5.32 Å². The van der Waals surface area contributed by atoms with Crippen LogP contribution in [0.5, 0.6) is 0 Å². The Balaban J connectivity index is 2.20. The SMILES string of the molecule is Cc1ncsc1C(C)Nc1ccc(F)c(C#N)c1. The number of rotatable bonds is 3. The van der Waals surface area contributed by atoms with Gasteiger partial charge in [0.1, 0.15) is 11.9 Å². The Labute approximate surface area is 109 Å². The standard InChI is InChI=1S/C13H12FN3S/c1-8-13(18-7-16-8)9(2)17-11-3-4-12(14)10(5-11)6-15/h3-5,7,9,17H,1-2H3. The van der Waals surface area contributed by atoms with Gasteiger partial charge in [-0.05, 0) is 32.0 Å². The number of nitrogens with zero attached hydrogens (tertiary/aromatic N) is 2. The summed E-state index contributed by atoms with van der Waals surface area (Å²) >= 11 is 1.58. The lowest BCUT2D eigenvalue weighted by Crippen LogP contribution is -2.06. The number of hydrogen-bond donors (Lipinski definition) is 1. The molecule has 0 saturated carbocycles. The molecular formula is C13H12FN3S.